The van der Waals surface area contributed by atoms with Crippen LogP contribution in [0.15, 0.2) is 42.5 Å². The summed E-state index contributed by atoms with van der Waals surface area (Å²) in [6.45, 7) is 2.38. The number of nitrogens with zero attached hydrogens (tertiary/aromatic N) is 3. The third-order valence-electron chi connectivity index (χ3n) is 5.02. The predicted molar refractivity (Wildman–Crippen MR) is 107 cm³/mol. The van der Waals surface area contributed by atoms with Crippen molar-refractivity contribution in [2.45, 2.75) is 25.8 Å². The number of carbonyl (C=O) groups is 2. The summed E-state index contributed by atoms with van der Waals surface area (Å²) in [5, 5.41) is 11.4. The molecule has 28 heavy (non-hydrogen) atoms. The van der Waals surface area contributed by atoms with Crippen molar-refractivity contribution < 1.29 is 14.5 Å². The van der Waals surface area contributed by atoms with E-state index in [4.69, 9.17) is 11.6 Å². The van der Waals surface area contributed by atoms with Crippen LogP contribution in [0.2, 0.25) is 5.02 Å². The van der Waals surface area contributed by atoms with Gasteiger partial charge in [0.25, 0.3) is 11.6 Å². The summed E-state index contributed by atoms with van der Waals surface area (Å²) >= 11 is 6.25. The highest BCUT2D eigenvalue weighted by molar-refractivity contribution is 6.34. The minimum atomic E-state index is -0.462. The van der Waals surface area contributed by atoms with Crippen molar-refractivity contribution in [1.29, 1.82) is 0 Å². The topological polar surface area (TPSA) is 83.8 Å². The molecule has 0 N–H and O–H groups in total. The standard InChI is InChI=1S/C20H20ClN3O4/c1-13(14-5-3-6-16(11-14)24(27)28)22(2)20(26)15-8-9-17(21)18(12-15)23-10-4-7-19(23)25/h3,5-6,8-9,11-13H,4,7,10H2,1-2H3/t13-/m1/s1. The van der Waals surface area contributed by atoms with Gasteiger partial charge in [-0.15, -0.1) is 0 Å². The zero-order chi connectivity index (χ0) is 20.4. The minimum Gasteiger partial charge on any atom is -0.335 e. The Bertz CT molecular complexity index is 947. The molecule has 2 aromatic carbocycles. The van der Waals surface area contributed by atoms with Gasteiger partial charge in [0.05, 0.1) is 21.7 Å². The van der Waals surface area contributed by atoms with E-state index in [0.717, 1.165) is 6.42 Å². The number of non-ortho nitro benzene ring substituents is 1. The van der Waals surface area contributed by atoms with Crippen LogP contribution in [0.3, 0.4) is 0 Å². The molecule has 1 aliphatic heterocycles. The Labute approximate surface area is 167 Å². The highest BCUT2D eigenvalue weighted by atomic mass is 35.5. The monoisotopic (exact) mass is 401 g/mol. The maximum atomic E-state index is 13.0. The van der Waals surface area contributed by atoms with Crippen LogP contribution in [0.1, 0.15) is 41.7 Å². The molecular formula is C20H20ClN3O4. The summed E-state index contributed by atoms with van der Waals surface area (Å²) in [4.78, 5) is 38.7. The fourth-order valence-corrected chi connectivity index (χ4v) is 3.48. The zero-order valence-electron chi connectivity index (χ0n) is 15.6. The maximum Gasteiger partial charge on any atom is 0.269 e. The minimum absolute atomic E-state index is 0.00943. The van der Waals surface area contributed by atoms with Crippen molar-refractivity contribution in [1.82, 2.24) is 4.90 Å². The first-order chi connectivity index (χ1) is 13.3. The van der Waals surface area contributed by atoms with Gasteiger partial charge in [-0.1, -0.05) is 23.7 Å². The van der Waals surface area contributed by atoms with Crippen molar-refractivity contribution >= 4 is 34.8 Å². The largest absolute Gasteiger partial charge is 0.335 e. The fourth-order valence-electron chi connectivity index (χ4n) is 3.26. The lowest BCUT2D eigenvalue weighted by Gasteiger charge is -2.26. The second-order valence-electron chi connectivity index (χ2n) is 6.76. The normalized spacial score (nSPS) is 14.8. The van der Waals surface area contributed by atoms with E-state index < -0.39 is 4.92 Å². The number of carbonyl (C=O) groups excluding carboxylic acids is 2. The Morgan fingerprint density at radius 3 is 2.68 bits per heavy atom. The molecule has 0 saturated carbocycles. The molecule has 1 aliphatic rings. The molecule has 2 amide bonds. The van der Waals surface area contributed by atoms with Crippen LogP contribution >= 0.6 is 11.6 Å². The number of halogens is 1. The van der Waals surface area contributed by atoms with Gasteiger partial charge in [0.15, 0.2) is 0 Å². The average Bonchev–Trinajstić information content (AvgIpc) is 3.12. The molecule has 1 fully saturated rings. The van der Waals surface area contributed by atoms with Crippen LogP contribution < -0.4 is 4.90 Å². The number of anilines is 1. The number of hydrogen-bond donors (Lipinski definition) is 0. The molecule has 0 aliphatic carbocycles. The van der Waals surface area contributed by atoms with Gasteiger partial charge in [0, 0.05) is 37.7 Å². The number of rotatable bonds is 5. The first-order valence-electron chi connectivity index (χ1n) is 8.91. The quantitative estimate of drug-likeness (QED) is 0.555. The molecule has 3 rings (SSSR count). The second-order valence-corrected chi connectivity index (χ2v) is 7.17. The van der Waals surface area contributed by atoms with Crippen molar-refractivity contribution in [3.05, 3.63) is 68.7 Å². The van der Waals surface area contributed by atoms with Gasteiger partial charge >= 0.3 is 0 Å². The van der Waals surface area contributed by atoms with Gasteiger partial charge in [0.2, 0.25) is 5.91 Å². The molecule has 1 saturated heterocycles. The van der Waals surface area contributed by atoms with E-state index in [1.54, 1.807) is 49.2 Å². The molecular weight excluding hydrogens is 382 g/mol. The fraction of sp³-hybridized carbons (Fsp3) is 0.300. The third kappa shape index (κ3) is 3.84. The highest BCUT2D eigenvalue weighted by Gasteiger charge is 2.26. The van der Waals surface area contributed by atoms with Crippen molar-refractivity contribution in [2.24, 2.45) is 0 Å². The Morgan fingerprint density at radius 1 is 1.29 bits per heavy atom. The van der Waals surface area contributed by atoms with E-state index in [1.807, 2.05) is 0 Å². The Kier molecular flexibility index (Phi) is 5.65. The molecule has 0 unspecified atom stereocenters. The Hall–Kier alpha value is -2.93. The van der Waals surface area contributed by atoms with Crippen LogP contribution in [0.25, 0.3) is 0 Å². The highest BCUT2D eigenvalue weighted by Crippen LogP contribution is 2.31. The summed E-state index contributed by atoms with van der Waals surface area (Å²) in [5.41, 5.74) is 1.57. The second kappa shape index (κ2) is 7.98. The SMILES string of the molecule is C[C@H](c1cccc([N+](=O)[O-])c1)N(C)C(=O)c1ccc(Cl)c(N2CCCC2=O)c1. The smallest absolute Gasteiger partial charge is 0.269 e. The van der Waals surface area contributed by atoms with E-state index in [-0.39, 0.29) is 23.5 Å². The Balaban J connectivity index is 1.86. The van der Waals surface area contributed by atoms with Crippen LogP contribution in [0.5, 0.6) is 0 Å². The number of hydrogen-bond acceptors (Lipinski definition) is 4. The average molecular weight is 402 g/mol. The van der Waals surface area contributed by atoms with Gasteiger partial charge < -0.3 is 9.80 Å². The van der Waals surface area contributed by atoms with E-state index in [9.17, 15) is 19.7 Å². The number of nitro groups is 1. The molecule has 0 spiro atoms. The summed E-state index contributed by atoms with van der Waals surface area (Å²) in [7, 11) is 1.64. The first-order valence-corrected chi connectivity index (χ1v) is 9.29. The van der Waals surface area contributed by atoms with Crippen LogP contribution in [-0.2, 0) is 4.79 Å². The molecule has 8 heteroatoms. The lowest BCUT2D eigenvalue weighted by atomic mass is 10.1. The third-order valence-corrected chi connectivity index (χ3v) is 5.34. The molecule has 146 valence electrons. The summed E-state index contributed by atoms with van der Waals surface area (Å²) in [6.07, 6.45) is 1.23. The van der Waals surface area contributed by atoms with Crippen molar-refractivity contribution in [2.75, 3.05) is 18.5 Å². The molecule has 7 nitrogen and oxygen atoms in total. The van der Waals surface area contributed by atoms with Gasteiger partial charge in [-0.2, -0.15) is 0 Å². The van der Waals surface area contributed by atoms with Crippen LogP contribution in [-0.4, -0.2) is 35.2 Å². The number of nitro benzene ring substituents is 1. The van der Waals surface area contributed by atoms with Crippen molar-refractivity contribution in [3.8, 4) is 0 Å². The summed E-state index contributed by atoms with van der Waals surface area (Å²) in [5.74, 6) is -0.270. The lowest BCUT2D eigenvalue weighted by molar-refractivity contribution is -0.384. The Morgan fingerprint density at radius 2 is 2.04 bits per heavy atom. The number of benzene rings is 2. The van der Waals surface area contributed by atoms with Gasteiger partial charge in [0.1, 0.15) is 0 Å². The first kappa shape index (κ1) is 19.8. The molecule has 0 radical (unpaired) electrons. The molecule has 0 aromatic heterocycles. The maximum absolute atomic E-state index is 13.0. The molecule has 0 bridgehead atoms. The number of amides is 2. The van der Waals surface area contributed by atoms with E-state index >= 15 is 0 Å². The summed E-state index contributed by atoms with van der Waals surface area (Å²) < 4.78 is 0. The summed E-state index contributed by atoms with van der Waals surface area (Å²) in [6, 6.07) is 10.7. The van der Waals surface area contributed by atoms with Gasteiger partial charge in [-0.3, -0.25) is 19.7 Å². The van der Waals surface area contributed by atoms with Crippen molar-refractivity contribution in [3.63, 3.8) is 0 Å². The van der Waals surface area contributed by atoms with E-state index in [2.05, 4.69) is 0 Å². The molecule has 1 heterocycles. The van der Waals surface area contributed by atoms with Gasteiger partial charge in [-0.05, 0) is 37.1 Å². The van der Waals surface area contributed by atoms with Crippen LogP contribution in [0, 0.1) is 10.1 Å². The lowest BCUT2D eigenvalue weighted by Crippen LogP contribution is -2.30. The van der Waals surface area contributed by atoms with Crippen LogP contribution in [0.4, 0.5) is 11.4 Å². The van der Waals surface area contributed by atoms with E-state index in [1.165, 1.54) is 17.0 Å². The van der Waals surface area contributed by atoms with Gasteiger partial charge in [-0.25, -0.2) is 0 Å². The molecule has 2 aromatic rings. The van der Waals surface area contributed by atoms with E-state index in [0.29, 0.717) is 34.8 Å². The predicted octanol–water partition coefficient (Wildman–Crippen LogP) is 4.21. The molecule has 1 atom stereocenters. The zero-order valence-corrected chi connectivity index (χ0v) is 16.3.